The molecule has 2 aliphatic heterocycles. The van der Waals surface area contributed by atoms with Crippen LogP contribution in [0.25, 0.3) is 22.3 Å². The van der Waals surface area contributed by atoms with Gasteiger partial charge in [0, 0.05) is 56.6 Å². The van der Waals surface area contributed by atoms with Gasteiger partial charge in [-0.25, -0.2) is 0 Å². The molecular formula is C69H66BN3. The summed E-state index contributed by atoms with van der Waals surface area (Å²) in [7, 11) is 0. The van der Waals surface area contributed by atoms with Gasteiger partial charge >= 0.3 is 0 Å². The summed E-state index contributed by atoms with van der Waals surface area (Å²) in [5.74, 6) is 0. The molecule has 9 aromatic rings. The third-order valence-corrected chi connectivity index (χ3v) is 16.1. The molecule has 0 saturated heterocycles. The monoisotopic (exact) mass is 948 g/mol. The Bertz CT molecular complexity index is 3590. The SMILES string of the molecule is CC(C)(C)c1ccc(N2c3ccc(C(C)(C)C)cc3B3c4ccc(N(c5ccccc5)c5ccc(-c6ccccc6)cc5)cc4N(c4ccc5c(c4)-c4ccccc4C5(C)C)c4cc(C(C)(C)C)cc2c43)cc1. The number of hydrogen-bond donors (Lipinski definition) is 0. The van der Waals surface area contributed by atoms with Crippen LogP contribution in [0.4, 0.5) is 51.2 Å². The van der Waals surface area contributed by atoms with Crippen molar-refractivity contribution in [2.24, 2.45) is 0 Å². The van der Waals surface area contributed by atoms with Gasteiger partial charge in [-0.15, -0.1) is 0 Å². The highest BCUT2D eigenvalue weighted by molar-refractivity contribution is 7.00. The molecule has 9 aromatic carbocycles. The molecule has 2 heterocycles. The van der Waals surface area contributed by atoms with Gasteiger partial charge in [-0.1, -0.05) is 197 Å². The molecule has 0 radical (unpaired) electrons. The first-order chi connectivity index (χ1) is 34.9. The minimum atomic E-state index is -0.149. The lowest BCUT2D eigenvalue weighted by Gasteiger charge is -2.45. The predicted octanol–water partition coefficient (Wildman–Crippen LogP) is 17.1. The van der Waals surface area contributed by atoms with Crippen molar-refractivity contribution in [3.63, 3.8) is 0 Å². The maximum absolute atomic E-state index is 2.62. The van der Waals surface area contributed by atoms with Gasteiger partial charge in [-0.3, -0.25) is 0 Å². The van der Waals surface area contributed by atoms with E-state index in [0.717, 1.165) is 22.7 Å². The Balaban J connectivity index is 1.15. The van der Waals surface area contributed by atoms with Gasteiger partial charge in [0.2, 0.25) is 0 Å². The lowest BCUT2D eigenvalue weighted by Crippen LogP contribution is -2.61. The summed E-state index contributed by atoms with van der Waals surface area (Å²) in [5, 5.41) is 0. The van der Waals surface area contributed by atoms with Crippen molar-refractivity contribution in [2.45, 2.75) is 97.8 Å². The van der Waals surface area contributed by atoms with Crippen LogP contribution in [-0.2, 0) is 21.7 Å². The van der Waals surface area contributed by atoms with E-state index in [1.165, 1.54) is 94.9 Å². The lowest BCUT2D eigenvalue weighted by molar-refractivity contribution is 0.589. The first kappa shape index (κ1) is 46.5. The Kier molecular flexibility index (Phi) is 10.7. The van der Waals surface area contributed by atoms with Crippen LogP contribution in [0.5, 0.6) is 0 Å². The zero-order valence-corrected chi connectivity index (χ0v) is 44.5. The van der Waals surface area contributed by atoms with Crippen LogP contribution in [0.15, 0.2) is 200 Å². The topological polar surface area (TPSA) is 9.72 Å². The summed E-state index contributed by atoms with van der Waals surface area (Å²) in [6.45, 7) is 25.7. The fourth-order valence-electron chi connectivity index (χ4n) is 12.0. The summed E-state index contributed by atoms with van der Waals surface area (Å²) >= 11 is 0. The molecule has 3 aliphatic rings. The lowest BCUT2D eigenvalue weighted by atomic mass is 9.33. The smallest absolute Gasteiger partial charge is 0.252 e. The molecule has 0 atom stereocenters. The predicted molar refractivity (Wildman–Crippen MR) is 314 cm³/mol. The molecule has 3 nitrogen and oxygen atoms in total. The number of rotatable bonds is 6. The Morgan fingerprint density at radius 3 is 1.56 bits per heavy atom. The van der Waals surface area contributed by atoms with Crippen LogP contribution < -0.4 is 31.1 Å². The fourth-order valence-corrected chi connectivity index (χ4v) is 12.0. The average Bonchev–Trinajstić information content (AvgIpc) is 3.61. The van der Waals surface area contributed by atoms with Gasteiger partial charge in [-0.05, 0) is 162 Å². The molecule has 0 amide bonds. The van der Waals surface area contributed by atoms with E-state index in [-0.39, 0.29) is 28.4 Å². The Morgan fingerprint density at radius 2 is 0.904 bits per heavy atom. The van der Waals surface area contributed by atoms with E-state index < -0.39 is 0 Å². The number of para-hydroxylation sites is 1. The second kappa shape index (κ2) is 16.8. The second-order valence-corrected chi connectivity index (χ2v) is 24.3. The van der Waals surface area contributed by atoms with Crippen molar-refractivity contribution in [1.29, 1.82) is 0 Å². The van der Waals surface area contributed by atoms with Crippen molar-refractivity contribution in [2.75, 3.05) is 14.7 Å². The van der Waals surface area contributed by atoms with Crippen molar-refractivity contribution in [1.82, 2.24) is 0 Å². The molecule has 0 saturated carbocycles. The highest BCUT2D eigenvalue weighted by Gasteiger charge is 2.45. The van der Waals surface area contributed by atoms with Crippen molar-refractivity contribution >= 4 is 74.3 Å². The van der Waals surface area contributed by atoms with Crippen molar-refractivity contribution in [3.05, 3.63) is 228 Å². The van der Waals surface area contributed by atoms with Crippen molar-refractivity contribution < 1.29 is 0 Å². The molecule has 360 valence electrons. The number of hydrogen-bond acceptors (Lipinski definition) is 3. The number of nitrogens with zero attached hydrogens (tertiary/aromatic N) is 3. The van der Waals surface area contributed by atoms with Crippen LogP contribution in [0.1, 0.15) is 104 Å². The van der Waals surface area contributed by atoms with Gasteiger partial charge < -0.3 is 14.7 Å². The highest BCUT2D eigenvalue weighted by atomic mass is 15.2. The minimum Gasteiger partial charge on any atom is -0.311 e. The van der Waals surface area contributed by atoms with Gasteiger partial charge in [0.25, 0.3) is 6.71 Å². The fraction of sp³-hybridized carbons (Fsp3) is 0.217. The third-order valence-electron chi connectivity index (χ3n) is 16.1. The summed E-state index contributed by atoms with van der Waals surface area (Å²) in [6.07, 6.45) is 0. The van der Waals surface area contributed by atoms with Crippen LogP contribution in [0, 0.1) is 0 Å². The Hall–Kier alpha value is -7.56. The first-order valence-electron chi connectivity index (χ1n) is 26.3. The minimum absolute atomic E-state index is 0.0344. The van der Waals surface area contributed by atoms with Gasteiger partial charge in [0.15, 0.2) is 0 Å². The van der Waals surface area contributed by atoms with E-state index in [1.54, 1.807) is 0 Å². The van der Waals surface area contributed by atoms with E-state index in [4.69, 9.17) is 0 Å². The van der Waals surface area contributed by atoms with Crippen LogP contribution in [0.3, 0.4) is 0 Å². The Labute approximate surface area is 434 Å². The second-order valence-electron chi connectivity index (χ2n) is 24.3. The molecule has 73 heavy (non-hydrogen) atoms. The molecule has 4 heteroatoms. The quantitative estimate of drug-likeness (QED) is 0.154. The number of fused-ring (bicyclic) bond motifs is 7. The van der Waals surface area contributed by atoms with E-state index in [0.29, 0.717) is 0 Å². The molecule has 0 unspecified atom stereocenters. The van der Waals surface area contributed by atoms with Gasteiger partial charge in [0.05, 0.1) is 0 Å². The number of anilines is 9. The van der Waals surface area contributed by atoms with E-state index in [2.05, 4.69) is 291 Å². The maximum atomic E-state index is 2.62. The first-order valence-corrected chi connectivity index (χ1v) is 26.3. The normalized spacial score (nSPS) is 14.3. The highest BCUT2D eigenvalue weighted by Crippen LogP contribution is 2.53. The van der Waals surface area contributed by atoms with E-state index >= 15 is 0 Å². The zero-order chi connectivity index (χ0) is 50.8. The summed E-state index contributed by atoms with van der Waals surface area (Å²) < 4.78 is 0. The summed E-state index contributed by atoms with van der Waals surface area (Å²) in [4.78, 5) is 7.63. The molecule has 0 aromatic heterocycles. The largest absolute Gasteiger partial charge is 0.311 e. The molecule has 12 rings (SSSR count). The van der Waals surface area contributed by atoms with Crippen molar-refractivity contribution in [3.8, 4) is 22.3 Å². The molecule has 0 spiro atoms. The third kappa shape index (κ3) is 7.72. The summed E-state index contributed by atoms with van der Waals surface area (Å²) in [5.41, 5.74) is 26.0. The molecule has 0 bridgehead atoms. The molecular weight excluding hydrogens is 882 g/mol. The molecule has 0 N–H and O–H groups in total. The Morgan fingerprint density at radius 1 is 0.370 bits per heavy atom. The standard InChI is InChI=1S/C69H66BN3/c1-66(2,3)47-28-33-52(34-29-47)72-61-39-30-48(67(4,5)6)40-60(61)70-59-38-36-54(71(50-22-16-13-17-23-50)51-31-26-46(27-32-51)45-20-14-12-15-21-45)44-62(59)73(64-42-49(68(7,8)9)41-63(72)65(64)70)53-35-37-58-56(43-53)55-24-18-19-25-57(55)69(58,10)11/h12-44H,1-11H3. The zero-order valence-electron chi connectivity index (χ0n) is 44.5. The van der Waals surface area contributed by atoms with E-state index in [1.807, 2.05) is 0 Å². The van der Waals surface area contributed by atoms with Gasteiger partial charge in [-0.2, -0.15) is 0 Å². The summed E-state index contributed by atoms with van der Waals surface area (Å²) in [6, 6.07) is 76.0. The number of benzene rings is 9. The van der Waals surface area contributed by atoms with Crippen LogP contribution >= 0.6 is 0 Å². The molecule has 1 aliphatic carbocycles. The molecule has 0 fully saturated rings. The average molecular weight is 948 g/mol. The van der Waals surface area contributed by atoms with Gasteiger partial charge in [0.1, 0.15) is 0 Å². The van der Waals surface area contributed by atoms with E-state index in [9.17, 15) is 0 Å². The van der Waals surface area contributed by atoms with Crippen LogP contribution in [0.2, 0.25) is 0 Å². The maximum Gasteiger partial charge on any atom is 0.252 e. The van der Waals surface area contributed by atoms with Crippen LogP contribution in [-0.4, -0.2) is 6.71 Å².